The Morgan fingerprint density at radius 1 is 1.36 bits per heavy atom. The van der Waals surface area contributed by atoms with Gasteiger partial charge in [0.05, 0.1) is 0 Å². The van der Waals surface area contributed by atoms with Crippen LogP contribution in [0.15, 0.2) is 4.99 Å². The van der Waals surface area contributed by atoms with Crippen molar-refractivity contribution in [3.05, 3.63) is 0 Å². The first-order valence-corrected chi connectivity index (χ1v) is 4.42. The first-order valence-electron chi connectivity index (χ1n) is 4.42. The second-order valence-electron chi connectivity index (χ2n) is 4.00. The van der Waals surface area contributed by atoms with E-state index < -0.39 is 0 Å². The van der Waals surface area contributed by atoms with E-state index in [0.717, 1.165) is 6.42 Å². The molecule has 66 valence electrons. The number of rotatable bonds is 3. The van der Waals surface area contributed by atoms with Crippen molar-refractivity contribution in [2.45, 2.75) is 41.0 Å². The van der Waals surface area contributed by atoms with Crippen LogP contribution in [-0.4, -0.2) is 12.8 Å². The second kappa shape index (κ2) is 3.89. The average molecular weight is 155 g/mol. The summed E-state index contributed by atoms with van der Waals surface area (Å²) in [6, 6.07) is 0. The predicted molar refractivity (Wildman–Crippen MR) is 52.3 cm³/mol. The first kappa shape index (κ1) is 10.7. The molecule has 0 aliphatic heterocycles. The molecule has 0 unspecified atom stereocenters. The topological polar surface area (TPSA) is 12.4 Å². The average Bonchev–Trinajstić information content (AvgIpc) is 1.88. The Morgan fingerprint density at radius 2 is 1.82 bits per heavy atom. The molecular weight excluding hydrogens is 134 g/mol. The lowest BCUT2D eigenvalue weighted by Crippen LogP contribution is -2.27. The molecule has 0 saturated carbocycles. The molecule has 0 radical (unpaired) electrons. The van der Waals surface area contributed by atoms with Crippen molar-refractivity contribution in [3.63, 3.8) is 0 Å². The maximum absolute atomic E-state index is 4.35. The minimum Gasteiger partial charge on any atom is -0.297 e. The van der Waals surface area contributed by atoms with Crippen LogP contribution in [0, 0.1) is 11.3 Å². The fraction of sp³-hybridized carbons (Fsp3) is 0.900. The largest absolute Gasteiger partial charge is 0.297 e. The van der Waals surface area contributed by atoms with Gasteiger partial charge in [-0.25, -0.2) is 0 Å². The molecule has 0 aromatic heterocycles. The van der Waals surface area contributed by atoms with Crippen LogP contribution < -0.4 is 0 Å². The molecule has 0 N–H and O–H groups in total. The smallest absolute Gasteiger partial charge is 0.0276 e. The van der Waals surface area contributed by atoms with E-state index in [9.17, 15) is 0 Å². The molecule has 0 amide bonds. The van der Waals surface area contributed by atoms with Gasteiger partial charge in [-0.1, -0.05) is 34.6 Å². The van der Waals surface area contributed by atoms with Gasteiger partial charge in [0.1, 0.15) is 0 Å². The van der Waals surface area contributed by atoms with Gasteiger partial charge in [0, 0.05) is 18.2 Å². The number of aliphatic imine (C=N–C) groups is 1. The maximum Gasteiger partial charge on any atom is 0.0276 e. The Morgan fingerprint density at radius 3 is 1.91 bits per heavy atom. The van der Waals surface area contributed by atoms with Crippen molar-refractivity contribution in [3.8, 4) is 0 Å². The Balaban J connectivity index is 4.52. The third-order valence-corrected chi connectivity index (χ3v) is 2.37. The van der Waals surface area contributed by atoms with E-state index in [-0.39, 0.29) is 5.41 Å². The lowest BCUT2D eigenvalue weighted by Gasteiger charge is -2.27. The van der Waals surface area contributed by atoms with E-state index in [1.54, 1.807) is 0 Å². The molecule has 0 aliphatic rings. The van der Waals surface area contributed by atoms with Crippen LogP contribution in [0.25, 0.3) is 0 Å². The summed E-state index contributed by atoms with van der Waals surface area (Å²) in [4.78, 5) is 4.35. The van der Waals surface area contributed by atoms with Gasteiger partial charge in [0.15, 0.2) is 0 Å². The van der Waals surface area contributed by atoms with Gasteiger partial charge in [-0.15, -0.1) is 0 Å². The molecular formula is C10H21N. The molecule has 1 heteroatoms. The lowest BCUT2D eigenvalue weighted by atomic mass is 9.79. The van der Waals surface area contributed by atoms with Crippen molar-refractivity contribution in [2.24, 2.45) is 16.3 Å². The van der Waals surface area contributed by atoms with Gasteiger partial charge >= 0.3 is 0 Å². The third kappa shape index (κ3) is 2.64. The molecule has 0 aromatic carbocycles. The van der Waals surface area contributed by atoms with Gasteiger partial charge in [-0.3, -0.25) is 4.99 Å². The van der Waals surface area contributed by atoms with E-state index >= 15 is 0 Å². The summed E-state index contributed by atoms with van der Waals surface area (Å²) < 4.78 is 0. The van der Waals surface area contributed by atoms with Crippen LogP contribution in [0.3, 0.4) is 0 Å². The fourth-order valence-electron chi connectivity index (χ4n) is 1.52. The van der Waals surface area contributed by atoms with Crippen LogP contribution >= 0.6 is 0 Å². The monoisotopic (exact) mass is 155 g/mol. The molecule has 0 fully saturated rings. The minimum atomic E-state index is 0.281. The summed E-state index contributed by atoms with van der Waals surface area (Å²) in [5.41, 5.74) is 1.61. The van der Waals surface area contributed by atoms with E-state index in [1.165, 1.54) is 5.71 Å². The standard InChI is InChI=1S/C10H21N/c1-7-10(4,5)9(11-6)8(2)3/h8H,7H2,1-6H3. The van der Waals surface area contributed by atoms with Crippen molar-refractivity contribution in [1.82, 2.24) is 0 Å². The quantitative estimate of drug-likeness (QED) is 0.555. The van der Waals surface area contributed by atoms with Crippen molar-refractivity contribution < 1.29 is 0 Å². The summed E-state index contributed by atoms with van der Waals surface area (Å²) in [6.07, 6.45) is 1.16. The van der Waals surface area contributed by atoms with Crippen LogP contribution in [0.2, 0.25) is 0 Å². The Bertz CT molecular complexity index is 143. The Labute approximate surface area is 70.9 Å². The Kier molecular flexibility index (Phi) is 3.77. The van der Waals surface area contributed by atoms with Crippen molar-refractivity contribution in [2.75, 3.05) is 7.05 Å². The highest BCUT2D eigenvalue weighted by Crippen LogP contribution is 2.25. The molecule has 0 aliphatic carbocycles. The summed E-state index contributed by atoms with van der Waals surface area (Å²) in [7, 11) is 1.90. The van der Waals surface area contributed by atoms with Gasteiger partial charge in [0.25, 0.3) is 0 Å². The molecule has 1 nitrogen and oxygen atoms in total. The highest BCUT2D eigenvalue weighted by Gasteiger charge is 2.24. The normalized spacial score (nSPS) is 14.3. The zero-order chi connectivity index (χ0) is 9.07. The molecule has 0 rings (SSSR count). The number of hydrogen-bond acceptors (Lipinski definition) is 1. The fourth-order valence-corrected chi connectivity index (χ4v) is 1.52. The predicted octanol–water partition coefficient (Wildman–Crippen LogP) is 3.15. The lowest BCUT2D eigenvalue weighted by molar-refractivity contribution is 0.478. The molecule has 0 spiro atoms. The maximum atomic E-state index is 4.35. The molecule has 0 atom stereocenters. The molecule has 0 heterocycles. The second-order valence-corrected chi connectivity index (χ2v) is 4.00. The summed E-state index contributed by atoms with van der Waals surface area (Å²) in [5, 5.41) is 0. The van der Waals surface area contributed by atoms with Crippen molar-refractivity contribution >= 4 is 5.71 Å². The highest BCUT2D eigenvalue weighted by molar-refractivity contribution is 5.91. The Hall–Kier alpha value is -0.330. The summed E-state index contributed by atoms with van der Waals surface area (Å²) in [6.45, 7) is 11.2. The number of hydrogen-bond donors (Lipinski definition) is 0. The van der Waals surface area contributed by atoms with E-state index in [1.807, 2.05) is 7.05 Å². The van der Waals surface area contributed by atoms with Crippen LogP contribution in [0.1, 0.15) is 41.0 Å². The number of nitrogens with zero attached hydrogens (tertiary/aromatic N) is 1. The molecule has 0 bridgehead atoms. The summed E-state index contributed by atoms with van der Waals surface area (Å²) >= 11 is 0. The van der Waals surface area contributed by atoms with Crippen LogP contribution in [-0.2, 0) is 0 Å². The zero-order valence-electron chi connectivity index (χ0n) is 8.73. The molecule has 11 heavy (non-hydrogen) atoms. The highest BCUT2D eigenvalue weighted by atomic mass is 14.7. The summed E-state index contributed by atoms with van der Waals surface area (Å²) in [5.74, 6) is 0.579. The molecule has 0 saturated heterocycles. The van der Waals surface area contributed by atoms with Crippen LogP contribution in [0.5, 0.6) is 0 Å². The SMILES string of the molecule is CCC(C)(C)C(=NC)C(C)C. The molecule has 0 aromatic rings. The van der Waals surface area contributed by atoms with Gasteiger partial charge in [0.2, 0.25) is 0 Å². The minimum absolute atomic E-state index is 0.281. The first-order chi connectivity index (χ1) is 4.95. The van der Waals surface area contributed by atoms with E-state index in [2.05, 4.69) is 39.6 Å². The van der Waals surface area contributed by atoms with Gasteiger partial charge in [-0.2, -0.15) is 0 Å². The van der Waals surface area contributed by atoms with Gasteiger partial charge < -0.3 is 0 Å². The van der Waals surface area contributed by atoms with E-state index in [0.29, 0.717) is 5.92 Å². The van der Waals surface area contributed by atoms with Gasteiger partial charge in [-0.05, 0) is 12.3 Å². The van der Waals surface area contributed by atoms with Crippen LogP contribution in [0.4, 0.5) is 0 Å². The van der Waals surface area contributed by atoms with E-state index in [4.69, 9.17) is 0 Å². The van der Waals surface area contributed by atoms with Crippen molar-refractivity contribution in [1.29, 1.82) is 0 Å². The zero-order valence-corrected chi connectivity index (χ0v) is 8.73. The third-order valence-electron chi connectivity index (χ3n) is 2.37.